The summed E-state index contributed by atoms with van der Waals surface area (Å²) in [6, 6.07) is 8.65. The molecule has 35 heavy (non-hydrogen) atoms. The predicted molar refractivity (Wildman–Crippen MR) is 136 cm³/mol. The molecule has 1 saturated carbocycles. The molecule has 1 aliphatic heterocycles. The summed E-state index contributed by atoms with van der Waals surface area (Å²) in [5, 5.41) is 11.0. The molecule has 1 saturated heterocycles. The van der Waals surface area contributed by atoms with Gasteiger partial charge in [-0.05, 0) is 77.7 Å². The molecule has 190 valence electrons. The van der Waals surface area contributed by atoms with Crippen LogP contribution < -0.4 is 0 Å². The van der Waals surface area contributed by atoms with E-state index in [-0.39, 0.29) is 18.0 Å². The van der Waals surface area contributed by atoms with Crippen LogP contribution in [0.3, 0.4) is 0 Å². The number of likely N-dealkylation sites (tertiary alicyclic amines) is 1. The lowest BCUT2D eigenvalue weighted by molar-refractivity contribution is -0.149. The van der Waals surface area contributed by atoms with E-state index in [0.29, 0.717) is 18.4 Å². The van der Waals surface area contributed by atoms with Gasteiger partial charge in [-0.3, -0.25) is 4.79 Å². The number of esters is 1. The Morgan fingerprint density at radius 1 is 0.971 bits per heavy atom. The number of carbonyl (C=O) groups is 2. The highest BCUT2D eigenvalue weighted by Crippen LogP contribution is 2.39. The molecule has 8 heteroatoms. The number of benzene rings is 1. The molecule has 0 spiro atoms. The minimum absolute atomic E-state index is 0.0298. The number of carbonyl (C=O) groups excluding carboxylic acids is 2. The van der Waals surface area contributed by atoms with Gasteiger partial charge in [0, 0.05) is 24.6 Å². The topological polar surface area (TPSA) is 81.6 Å². The number of hydrogen-bond donors (Lipinski definition) is 0. The van der Waals surface area contributed by atoms with Gasteiger partial charge >= 0.3 is 12.1 Å². The maximum Gasteiger partial charge on any atom is 0.410 e. The highest BCUT2D eigenvalue weighted by molar-refractivity contribution is 7.14. The first-order valence-electron chi connectivity index (χ1n) is 12.8. The van der Waals surface area contributed by atoms with E-state index in [2.05, 4.69) is 34.5 Å². The number of nitrogens with zero attached hydrogens (tertiary/aromatic N) is 3. The zero-order valence-electron chi connectivity index (χ0n) is 21.3. The number of rotatable bonds is 5. The Balaban J connectivity index is 1.30. The van der Waals surface area contributed by atoms with Crippen LogP contribution in [0, 0.1) is 5.92 Å². The third kappa shape index (κ3) is 6.60. The fourth-order valence-electron chi connectivity index (χ4n) is 4.97. The lowest BCUT2D eigenvalue weighted by Crippen LogP contribution is -2.41. The van der Waals surface area contributed by atoms with Gasteiger partial charge < -0.3 is 14.4 Å². The molecular formula is C27H37N3O4S. The van der Waals surface area contributed by atoms with Crippen LogP contribution in [0.1, 0.15) is 88.6 Å². The zero-order valence-corrected chi connectivity index (χ0v) is 22.1. The Hall–Kier alpha value is -2.48. The normalized spacial score (nSPS) is 21.5. The van der Waals surface area contributed by atoms with Crippen molar-refractivity contribution in [1.82, 2.24) is 15.1 Å². The van der Waals surface area contributed by atoms with Crippen LogP contribution in [0.15, 0.2) is 24.3 Å². The molecular weight excluding hydrogens is 462 g/mol. The molecule has 0 radical (unpaired) electrons. The van der Waals surface area contributed by atoms with Gasteiger partial charge in [0.15, 0.2) is 0 Å². The molecule has 1 aliphatic carbocycles. The van der Waals surface area contributed by atoms with E-state index < -0.39 is 5.60 Å². The first-order chi connectivity index (χ1) is 16.7. The second-order valence-corrected chi connectivity index (χ2v) is 11.6. The first kappa shape index (κ1) is 25.6. The van der Waals surface area contributed by atoms with Gasteiger partial charge in [0.25, 0.3) is 0 Å². The molecule has 1 aromatic heterocycles. The second-order valence-electron chi connectivity index (χ2n) is 10.6. The monoisotopic (exact) mass is 499 g/mol. The van der Waals surface area contributed by atoms with Crippen molar-refractivity contribution < 1.29 is 19.1 Å². The molecule has 0 unspecified atom stereocenters. The summed E-state index contributed by atoms with van der Waals surface area (Å²) >= 11 is 1.67. The summed E-state index contributed by atoms with van der Waals surface area (Å²) in [4.78, 5) is 26.1. The number of piperidine rings is 1. The molecule has 2 fully saturated rings. The second kappa shape index (κ2) is 11.1. The van der Waals surface area contributed by atoms with E-state index in [1.165, 1.54) is 5.56 Å². The molecule has 2 aliphatic rings. The SMILES string of the molecule is CCOC(=O)[C@H]1CC[C@H](c2nnc(-c3ccc(C4CCN(C(=O)OC(C)(C)C)CC4)cc3)s2)CC1. The number of amides is 1. The minimum Gasteiger partial charge on any atom is -0.466 e. The van der Waals surface area contributed by atoms with Crippen molar-refractivity contribution in [1.29, 1.82) is 0 Å². The largest absolute Gasteiger partial charge is 0.466 e. The summed E-state index contributed by atoms with van der Waals surface area (Å²) in [5.74, 6) is 0.797. The fourth-order valence-corrected chi connectivity index (χ4v) is 5.99. The van der Waals surface area contributed by atoms with E-state index >= 15 is 0 Å². The van der Waals surface area contributed by atoms with Crippen LogP contribution in [0.4, 0.5) is 4.79 Å². The van der Waals surface area contributed by atoms with Crippen molar-refractivity contribution in [2.24, 2.45) is 5.92 Å². The third-order valence-electron chi connectivity index (χ3n) is 6.91. The molecule has 0 N–H and O–H groups in total. The first-order valence-corrected chi connectivity index (χ1v) is 13.6. The smallest absolute Gasteiger partial charge is 0.410 e. The standard InChI is InChI=1S/C27H37N3O4S/c1-5-33-25(31)22-12-10-21(11-13-22)24-29-28-23(35-24)20-8-6-18(7-9-20)19-14-16-30(17-15-19)26(32)34-27(2,3)4/h6-9,19,21-22H,5,10-17H2,1-4H3/t21-,22-. The average molecular weight is 500 g/mol. The van der Waals surface area contributed by atoms with Crippen LogP contribution in [0.25, 0.3) is 10.6 Å². The lowest BCUT2D eigenvalue weighted by Gasteiger charge is -2.33. The third-order valence-corrected chi connectivity index (χ3v) is 8.05. The van der Waals surface area contributed by atoms with Gasteiger partial charge in [-0.25, -0.2) is 4.79 Å². The van der Waals surface area contributed by atoms with Gasteiger partial charge in [-0.1, -0.05) is 35.6 Å². The molecule has 1 amide bonds. The molecule has 7 nitrogen and oxygen atoms in total. The average Bonchev–Trinajstić information content (AvgIpc) is 3.34. The predicted octanol–water partition coefficient (Wildman–Crippen LogP) is 6.16. The number of hydrogen-bond acceptors (Lipinski definition) is 7. The maximum atomic E-state index is 12.3. The summed E-state index contributed by atoms with van der Waals surface area (Å²) in [6.07, 6.45) is 5.30. The van der Waals surface area contributed by atoms with Crippen molar-refractivity contribution in [3.8, 4) is 10.6 Å². The van der Waals surface area contributed by atoms with Crippen LogP contribution in [0.2, 0.25) is 0 Å². The minimum atomic E-state index is -0.462. The Morgan fingerprint density at radius 2 is 1.63 bits per heavy atom. The fraction of sp³-hybridized carbons (Fsp3) is 0.630. The van der Waals surface area contributed by atoms with Crippen molar-refractivity contribution in [3.05, 3.63) is 34.8 Å². The Labute approximate surface area is 212 Å². The van der Waals surface area contributed by atoms with Crippen molar-refractivity contribution >= 4 is 23.4 Å². The highest BCUT2D eigenvalue weighted by atomic mass is 32.1. The van der Waals surface area contributed by atoms with Gasteiger partial charge in [0.05, 0.1) is 12.5 Å². The van der Waals surface area contributed by atoms with Gasteiger partial charge in [-0.15, -0.1) is 10.2 Å². The van der Waals surface area contributed by atoms with E-state index in [4.69, 9.17) is 9.47 Å². The summed E-state index contributed by atoms with van der Waals surface area (Å²) in [7, 11) is 0. The summed E-state index contributed by atoms with van der Waals surface area (Å²) in [5.41, 5.74) is 1.93. The van der Waals surface area contributed by atoms with Crippen LogP contribution in [0.5, 0.6) is 0 Å². The Morgan fingerprint density at radius 3 is 2.23 bits per heavy atom. The van der Waals surface area contributed by atoms with Crippen LogP contribution >= 0.6 is 11.3 Å². The van der Waals surface area contributed by atoms with Crippen LogP contribution in [-0.4, -0.2) is 52.5 Å². The van der Waals surface area contributed by atoms with E-state index in [1.54, 1.807) is 11.3 Å². The number of aromatic nitrogens is 2. The van der Waals surface area contributed by atoms with E-state index in [1.807, 2.05) is 32.6 Å². The Kier molecular flexibility index (Phi) is 8.09. The van der Waals surface area contributed by atoms with Crippen molar-refractivity contribution in [3.63, 3.8) is 0 Å². The molecule has 2 aromatic rings. The zero-order chi connectivity index (χ0) is 25.0. The Bertz CT molecular complexity index is 998. The molecule has 1 aromatic carbocycles. The van der Waals surface area contributed by atoms with Gasteiger partial charge in [0.1, 0.15) is 15.6 Å². The van der Waals surface area contributed by atoms with Gasteiger partial charge in [-0.2, -0.15) is 0 Å². The number of ether oxygens (including phenoxy) is 2. The molecule has 2 heterocycles. The van der Waals surface area contributed by atoms with Crippen molar-refractivity contribution in [2.75, 3.05) is 19.7 Å². The quantitative estimate of drug-likeness (QED) is 0.459. The molecule has 0 bridgehead atoms. The summed E-state index contributed by atoms with van der Waals surface area (Å²) < 4.78 is 10.7. The molecule has 4 rings (SSSR count). The summed E-state index contributed by atoms with van der Waals surface area (Å²) in [6.45, 7) is 9.44. The maximum absolute atomic E-state index is 12.3. The molecule has 0 atom stereocenters. The van der Waals surface area contributed by atoms with Crippen molar-refractivity contribution in [2.45, 2.75) is 83.7 Å². The van der Waals surface area contributed by atoms with E-state index in [9.17, 15) is 9.59 Å². The van der Waals surface area contributed by atoms with Gasteiger partial charge in [0.2, 0.25) is 0 Å². The highest BCUT2D eigenvalue weighted by Gasteiger charge is 2.30. The lowest BCUT2D eigenvalue weighted by atomic mass is 9.82. The van der Waals surface area contributed by atoms with E-state index in [0.717, 1.165) is 67.2 Å². The van der Waals surface area contributed by atoms with Crippen LogP contribution in [-0.2, 0) is 14.3 Å².